The number of aryl methyl sites for hydroxylation is 1. The molecule has 96 valence electrons. The molecule has 0 spiro atoms. The Morgan fingerprint density at radius 2 is 2.05 bits per heavy atom. The Bertz CT molecular complexity index is 639. The van der Waals surface area contributed by atoms with Gasteiger partial charge < -0.3 is 0 Å². The topological polar surface area (TPSA) is 15.8 Å². The Kier molecular flexibility index (Phi) is 3.99. The number of H-pyrrole nitrogens is 1. The Morgan fingerprint density at radius 1 is 1.21 bits per heavy atom. The standard InChI is InChI=1S/C16H19BNP/c1-2-3-4-9-14-12-7-5-6-8-13(12)15(18-14)16-17-10-11-19-16/h5-8,11,18H,2-4,9-10H2,1H3. The summed E-state index contributed by atoms with van der Waals surface area (Å²) in [5.74, 6) is 2.32. The Labute approximate surface area is 117 Å². The molecule has 0 fully saturated rings. The summed E-state index contributed by atoms with van der Waals surface area (Å²) in [5, 5.41) is 4.25. The van der Waals surface area contributed by atoms with E-state index in [0.29, 0.717) is 0 Å². The van der Waals surface area contributed by atoms with Crippen LogP contribution in [0.1, 0.15) is 37.6 Å². The van der Waals surface area contributed by atoms with Crippen molar-refractivity contribution in [2.24, 2.45) is 0 Å². The van der Waals surface area contributed by atoms with Gasteiger partial charge in [-0.1, -0.05) is 0 Å². The first-order valence-electron chi connectivity index (χ1n) is 7.22. The van der Waals surface area contributed by atoms with Gasteiger partial charge in [0.1, 0.15) is 0 Å². The molecular formula is C16H19BNP. The van der Waals surface area contributed by atoms with Gasteiger partial charge in [0.25, 0.3) is 0 Å². The van der Waals surface area contributed by atoms with Gasteiger partial charge in [0.05, 0.1) is 0 Å². The van der Waals surface area contributed by atoms with Gasteiger partial charge in [-0.15, -0.1) is 0 Å². The summed E-state index contributed by atoms with van der Waals surface area (Å²) in [6.07, 6.45) is 6.16. The van der Waals surface area contributed by atoms with Crippen molar-refractivity contribution >= 4 is 36.9 Å². The van der Waals surface area contributed by atoms with Crippen LogP contribution < -0.4 is 0 Å². The van der Waals surface area contributed by atoms with Crippen molar-refractivity contribution in [3.05, 3.63) is 35.7 Å². The van der Waals surface area contributed by atoms with Gasteiger partial charge >= 0.3 is 116 Å². The molecule has 0 atom stereocenters. The SMILES string of the molecule is CCCCCc1[nH]c(C2=BCC=P2)c2ccccc12. The summed E-state index contributed by atoms with van der Waals surface area (Å²) in [6.45, 7) is 4.60. The van der Waals surface area contributed by atoms with Crippen molar-refractivity contribution in [3.63, 3.8) is 0 Å². The number of benzene rings is 1. The summed E-state index contributed by atoms with van der Waals surface area (Å²) >= 11 is 0. The fraction of sp³-hybridized carbons (Fsp3) is 0.375. The molecule has 0 radical (unpaired) electrons. The van der Waals surface area contributed by atoms with Crippen LogP contribution in [-0.4, -0.2) is 22.9 Å². The van der Waals surface area contributed by atoms with Gasteiger partial charge in [-0.2, -0.15) is 0 Å². The van der Waals surface area contributed by atoms with Crippen molar-refractivity contribution in [3.8, 4) is 0 Å². The molecule has 0 saturated heterocycles. The van der Waals surface area contributed by atoms with Crippen molar-refractivity contribution in [1.82, 2.24) is 4.98 Å². The molecule has 2 aromatic rings. The van der Waals surface area contributed by atoms with Crippen molar-refractivity contribution < 1.29 is 0 Å². The second-order valence-corrected chi connectivity index (χ2v) is 6.22. The molecule has 19 heavy (non-hydrogen) atoms. The van der Waals surface area contributed by atoms with Gasteiger partial charge in [-0.25, -0.2) is 0 Å². The quantitative estimate of drug-likeness (QED) is 0.473. The van der Waals surface area contributed by atoms with E-state index in [0.717, 1.165) is 6.32 Å². The Hall–Kier alpha value is -1.14. The van der Waals surface area contributed by atoms with Crippen molar-refractivity contribution in [2.75, 3.05) is 0 Å². The Balaban J connectivity index is 2.00. The van der Waals surface area contributed by atoms with Crippen LogP contribution in [0.2, 0.25) is 6.32 Å². The summed E-state index contributed by atoms with van der Waals surface area (Å²) in [5.41, 5.74) is 2.76. The second-order valence-electron chi connectivity index (χ2n) is 5.12. The molecule has 1 nitrogen and oxygen atoms in total. The van der Waals surface area contributed by atoms with E-state index in [1.165, 1.54) is 61.3 Å². The molecule has 0 saturated carbocycles. The molecular weight excluding hydrogens is 248 g/mol. The van der Waals surface area contributed by atoms with E-state index >= 15 is 0 Å². The van der Waals surface area contributed by atoms with E-state index in [1.807, 2.05) is 0 Å². The zero-order valence-corrected chi connectivity index (χ0v) is 12.3. The number of rotatable bonds is 5. The molecule has 1 aliphatic heterocycles. The third kappa shape index (κ3) is 2.60. The number of fused-ring (bicyclic) bond motifs is 1. The predicted octanol–water partition coefficient (Wildman–Crippen LogP) is 4.26. The normalized spacial score (nSPS) is 14.7. The summed E-state index contributed by atoms with van der Waals surface area (Å²) in [4.78, 5) is 3.70. The summed E-state index contributed by atoms with van der Waals surface area (Å²) in [7, 11) is 1.36. The zero-order valence-electron chi connectivity index (χ0n) is 11.4. The minimum atomic E-state index is 1.11. The predicted molar refractivity (Wildman–Crippen MR) is 89.2 cm³/mol. The number of hydrogen-bond donors (Lipinski definition) is 1. The first kappa shape index (κ1) is 12.9. The molecule has 0 bridgehead atoms. The van der Waals surface area contributed by atoms with Crippen molar-refractivity contribution in [2.45, 2.75) is 38.9 Å². The van der Waals surface area contributed by atoms with Crippen LogP contribution in [-0.2, 0) is 6.42 Å². The molecule has 0 unspecified atom stereocenters. The van der Waals surface area contributed by atoms with Crippen molar-refractivity contribution in [1.29, 1.82) is 0 Å². The van der Waals surface area contributed by atoms with Gasteiger partial charge in [-0.3, -0.25) is 0 Å². The monoisotopic (exact) mass is 267 g/mol. The molecule has 3 rings (SSSR count). The number of hydrogen-bond acceptors (Lipinski definition) is 0. The fourth-order valence-electron chi connectivity index (χ4n) is 2.74. The third-order valence-corrected chi connectivity index (χ3v) is 4.81. The maximum atomic E-state index is 3.70. The first-order chi connectivity index (χ1) is 9.40. The number of aromatic nitrogens is 1. The molecule has 1 aliphatic rings. The first-order valence-corrected chi connectivity index (χ1v) is 8.19. The number of nitrogens with one attached hydrogen (secondary N) is 1. The number of unbranched alkanes of at least 4 members (excludes halogenated alkanes) is 2. The zero-order chi connectivity index (χ0) is 13.1. The molecule has 2 heterocycles. The van der Waals surface area contributed by atoms with E-state index in [4.69, 9.17) is 0 Å². The molecule has 0 aliphatic carbocycles. The minimum absolute atomic E-state index is 1.11. The average Bonchev–Trinajstić information content (AvgIpc) is 3.07. The van der Waals surface area contributed by atoms with Gasteiger partial charge in [0.15, 0.2) is 0 Å². The van der Waals surface area contributed by atoms with Crippen LogP contribution in [0.3, 0.4) is 0 Å². The van der Waals surface area contributed by atoms with Gasteiger partial charge in [0.2, 0.25) is 0 Å². The average molecular weight is 267 g/mol. The van der Waals surface area contributed by atoms with Crippen LogP contribution in [0.4, 0.5) is 0 Å². The third-order valence-electron chi connectivity index (χ3n) is 3.73. The molecule has 0 amide bonds. The Morgan fingerprint density at radius 3 is 2.79 bits per heavy atom. The van der Waals surface area contributed by atoms with Gasteiger partial charge in [-0.05, 0) is 0 Å². The van der Waals surface area contributed by atoms with Crippen LogP contribution in [0.25, 0.3) is 10.8 Å². The van der Waals surface area contributed by atoms with Crippen LogP contribution in [0, 0.1) is 0 Å². The van der Waals surface area contributed by atoms with E-state index < -0.39 is 0 Å². The fourth-order valence-corrected chi connectivity index (χ4v) is 3.66. The van der Waals surface area contributed by atoms with Crippen LogP contribution >= 0.6 is 8.20 Å². The van der Waals surface area contributed by atoms with Gasteiger partial charge in [0, 0.05) is 0 Å². The van der Waals surface area contributed by atoms with E-state index in [1.54, 1.807) is 0 Å². The summed E-state index contributed by atoms with van der Waals surface area (Å²) < 4.78 is 0. The number of aromatic amines is 1. The van der Waals surface area contributed by atoms with Crippen LogP contribution in [0.5, 0.6) is 0 Å². The maximum absolute atomic E-state index is 3.70. The summed E-state index contributed by atoms with van der Waals surface area (Å²) in [6, 6.07) is 8.80. The molecule has 1 N–H and O–H groups in total. The molecule has 1 aromatic carbocycles. The second kappa shape index (κ2) is 5.88. The van der Waals surface area contributed by atoms with E-state index in [9.17, 15) is 0 Å². The molecule has 3 heteroatoms. The van der Waals surface area contributed by atoms with E-state index in [2.05, 4.69) is 48.9 Å². The van der Waals surface area contributed by atoms with Crippen LogP contribution in [0.15, 0.2) is 24.3 Å². The molecule has 1 aromatic heterocycles. The van der Waals surface area contributed by atoms with E-state index in [-0.39, 0.29) is 0 Å².